The molecule has 30 heavy (non-hydrogen) atoms. The van der Waals surface area contributed by atoms with E-state index in [1.807, 2.05) is 6.07 Å². The third kappa shape index (κ3) is 5.00. The van der Waals surface area contributed by atoms with Gasteiger partial charge >= 0.3 is 0 Å². The standard InChI is InChI=1S/C22H27N5O3/c1-24-14-16(13-23)21(29)15-9-11-27(12-10-15)20(28)8-4-7-19-25-18-6-3-2-5-17(18)22(30)26-19/h2-3,5-6,13-15,23-24H,4,7-12H2,1H3,(H,25,26,30)/b16-14+,23-13?. The van der Waals surface area contributed by atoms with Crippen LogP contribution in [-0.2, 0) is 16.0 Å². The second-order valence-electron chi connectivity index (χ2n) is 7.44. The fourth-order valence-electron chi connectivity index (χ4n) is 3.78. The quantitative estimate of drug-likeness (QED) is 0.454. The Morgan fingerprint density at radius 1 is 1.30 bits per heavy atom. The van der Waals surface area contributed by atoms with E-state index >= 15 is 0 Å². The topological polar surface area (TPSA) is 119 Å². The molecule has 0 aliphatic carbocycles. The number of H-pyrrole nitrogens is 1. The number of hydrogen-bond acceptors (Lipinski definition) is 6. The summed E-state index contributed by atoms with van der Waals surface area (Å²) >= 11 is 0. The van der Waals surface area contributed by atoms with E-state index in [1.165, 1.54) is 6.20 Å². The highest BCUT2D eigenvalue weighted by Gasteiger charge is 2.28. The van der Waals surface area contributed by atoms with Gasteiger partial charge in [-0.25, -0.2) is 4.98 Å². The van der Waals surface area contributed by atoms with Crippen molar-refractivity contribution >= 4 is 28.8 Å². The van der Waals surface area contributed by atoms with E-state index in [9.17, 15) is 14.4 Å². The van der Waals surface area contributed by atoms with Crippen molar-refractivity contribution < 1.29 is 9.59 Å². The third-order valence-corrected chi connectivity index (χ3v) is 5.42. The van der Waals surface area contributed by atoms with Crippen LogP contribution in [0.1, 0.15) is 31.5 Å². The summed E-state index contributed by atoms with van der Waals surface area (Å²) in [4.78, 5) is 46.2. The van der Waals surface area contributed by atoms with Crippen molar-refractivity contribution in [2.75, 3.05) is 20.1 Å². The number of aryl methyl sites for hydroxylation is 1. The van der Waals surface area contributed by atoms with E-state index in [1.54, 1.807) is 30.1 Å². The van der Waals surface area contributed by atoms with Crippen LogP contribution >= 0.6 is 0 Å². The lowest BCUT2D eigenvalue weighted by molar-refractivity contribution is -0.134. The van der Waals surface area contributed by atoms with Gasteiger partial charge in [-0.3, -0.25) is 14.4 Å². The second kappa shape index (κ2) is 9.96. The molecular formula is C22H27N5O3. The molecule has 1 aliphatic rings. The first kappa shape index (κ1) is 21.4. The Kier molecular flexibility index (Phi) is 7.11. The zero-order valence-corrected chi connectivity index (χ0v) is 17.1. The number of nitrogens with one attached hydrogen (secondary N) is 3. The Morgan fingerprint density at radius 2 is 2.03 bits per heavy atom. The number of rotatable bonds is 8. The van der Waals surface area contributed by atoms with Gasteiger partial charge in [-0.1, -0.05) is 12.1 Å². The molecule has 3 rings (SSSR count). The molecule has 0 saturated carbocycles. The van der Waals surface area contributed by atoms with E-state index in [0.717, 1.165) is 6.21 Å². The minimum Gasteiger partial charge on any atom is -0.393 e. The van der Waals surface area contributed by atoms with E-state index in [2.05, 4.69) is 15.3 Å². The van der Waals surface area contributed by atoms with Crippen LogP contribution in [0.25, 0.3) is 10.9 Å². The number of ketones is 1. The molecule has 0 bridgehead atoms. The zero-order valence-electron chi connectivity index (χ0n) is 17.1. The van der Waals surface area contributed by atoms with Gasteiger partial charge in [0, 0.05) is 51.3 Å². The number of likely N-dealkylation sites (tertiary alicyclic amines) is 1. The number of benzene rings is 1. The van der Waals surface area contributed by atoms with Gasteiger partial charge in [0.05, 0.1) is 16.5 Å². The van der Waals surface area contributed by atoms with Crippen LogP contribution in [-0.4, -0.2) is 52.9 Å². The molecule has 1 fully saturated rings. The lowest BCUT2D eigenvalue weighted by Crippen LogP contribution is -2.40. The molecule has 8 heteroatoms. The molecule has 0 unspecified atom stereocenters. The number of hydrogen-bond donors (Lipinski definition) is 3. The Hall–Kier alpha value is -3.29. The van der Waals surface area contributed by atoms with Crippen molar-refractivity contribution in [1.82, 2.24) is 20.2 Å². The molecule has 0 spiro atoms. The summed E-state index contributed by atoms with van der Waals surface area (Å²) < 4.78 is 0. The first-order valence-electron chi connectivity index (χ1n) is 10.2. The summed E-state index contributed by atoms with van der Waals surface area (Å²) in [5.74, 6) is 0.452. The van der Waals surface area contributed by atoms with Crippen LogP contribution in [0.4, 0.5) is 0 Å². The molecule has 2 aromatic rings. The second-order valence-corrected chi connectivity index (χ2v) is 7.44. The predicted molar refractivity (Wildman–Crippen MR) is 116 cm³/mol. The SMILES string of the molecule is CN/C=C(\C=N)C(=O)C1CCN(C(=O)CCCc2nc3ccccc3c(=O)[nH]2)CC1. The molecule has 1 aliphatic heterocycles. The summed E-state index contributed by atoms with van der Waals surface area (Å²) in [6.45, 7) is 1.09. The van der Waals surface area contributed by atoms with Crippen molar-refractivity contribution in [2.24, 2.45) is 5.92 Å². The molecule has 3 N–H and O–H groups in total. The van der Waals surface area contributed by atoms with Gasteiger partial charge < -0.3 is 20.6 Å². The summed E-state index contributed by atoms with van der Waals surface area (Å²) in [5, 5.41) is 10.7. The zero-order chi connectivity index (χ0) is 21.5. The number of fused-ring (bicyclic) bond motifs is 1. The molecule has 158 valence electrons. The first-order chi connectivity index (χ1) is 14.5. The summed E-state index contributed by atoms with van der Waals surface area (Å²) in [5.41, 5.74) is 0.857. The van der Waals surface area contributed by atoms with Gasteiger partial charge in [-0.05, 0) is 31.4 Å². The number of Topliss-reactive ketones (excluding diaryl/α,β-unsaturated/α-hetero) is 1. The highest BCUT2D eigenvalue weighted by molar-refractivity contribution is 6.13. The summed E-state index contributed by atoms with van der Waals surface area (Å²) in [7, 11) is 1.70. The molecule has 1 saturated heterocycles. The Balaban J connectivity index is 1.49. The summed E-state index contributed by atoms with van der Waals surface area (Å²) in [6.07, 6.45) is 5.33. The third-order valence-electron chi connectivity index (χ3n) is 5.42. The number of nitrogens with zero attached hydrogens (tertiary/aromatic N) is 2. The minimum absolute atomic E-state index is 0.0437. The van der Waals surface area contributed by atoms with Gasteiger partial charge in [0.1, 0.15) is 5.82 Å². The number of aromatic amines is 1. The fourth-order valence-corrected chi connectivity index (χ4v) is 3.78. The Morgan fingerprint density at radius 3 is 2.73 bits per heavy atom. The Bertz CT molecular complexity index is 1020. The smallest absolute Gasteiger partial charge is 0.258 e. The average molecular weight is 409 g/mol. The summed E-state index contributed by atoms with van der Waals surface area (Å²) in [6, 6.07) is 7.19. The lowest BCUT2D eigenvalue weighted by Gasteiger charge is -2.31. The minimum atomic E-state index is -0.162. The molecular weight excluding hydrogens is 382 g/mol. The van der Waals surface area contributed by atoms with E-state index in [-0.39, 0.29) is 23.2 Å². The largest absolute Gasteiger partial charge is 0.393 e. The van der Waals surface area contributed by atoms with Crippen LogP contribution < -0.4 is 10.9 Å². The van der Waals surface area contributed by atoms with Crippen LogP contribution in [0.5, 0.6) is 0 Å². The average Bonchev–Trinajstić information content (AvgIpc) is 2.77. The van der Waals surface area contributed by atoms with E-state index in [0.29, 0.717) is 67.5 Å². The molecule has 2 heterocycles. The lowest BCUT2D eigenvalue weighted by atomic mass is 9.89. The molecule has 1 aromatic heterocycles. The molecule has 0 atom stereocenters. The highest BCUT2D eigenvalue weighted by Crippen LogP contribution is 2.21. The van der Waals surface area contributed by atoms with Crippen molar-refractivity contribution in [3.05, 3.63) is 52.2 Å². The van der Waals surface area contributed by atoms with Crippen molar-refractivity contribution in [3.8, 4) is 0 Å². The van der Waals surface area contributed by atoms with Gasteiger partial charge in [0.2, 0.25) is 5.91 Å². The predicted octanol–water partition coefficient (Wildman–Crippen LogP) is 1.81. The van der Waals surface area contributed by atoms with Crippen LogP contribution in [0, 0.1) is 11.3 Å². The monoisotopic (exact) mass is 409 g/mol. The number of aromatic nitrogens is 2. The van der Waals surface area contributed by atoms with Crippen molar-refractivity contribution in [2.45, 2.75) is 32.1 Å². The van der Waals surface area contributed by atoms with Gasteiger partial charge in [0.25, 0.3) is 5.56 Å². The van der Waals surface area contributed by atoms with Gasteiger partial charge in [-0.15, -0.1) is 0 Å². The highest BCUT2D eigenvalue weighted by atomic mass is 16.2. The molecule has 8 nitrogen and oxygen atoms in total. The number of piperidine rings is 1. The van der Waals surface area contributed by atoms with Crippen LogP contribution in [0.2, 0.25) is 0 Å². The maximum atomic E-state index is 12.5. The molecule has 1 aromatic carbocycles. The Labute approximate surface area is 174 Å². The van der Waals surface area contributed by atoms with Crippen LogP contribution in [0.3, 0.4) is 0 Å². The first-order valence-corrected chi connectivity index (χ1v) is 10.2. The number of carbonyl (C=O) groups is 2. The molecule has 1 amide bonds. The van der Waals surface area contributed by atoms with E-state index in [4.69, 9.17) is 5.41 Å². The van der Waals surface area contributed by atoms with Crippen molar-refractivity contribution in [1.29, 1.82) is 5.41 Å². The van der Waals surface area contributed by atoms with Gasteiger partial charge in [0.15, 0.2) is 5.78 Å². The number of para-hydroxylation sites is 1. The number of amides is 1. The molecule has 0 radical (unpaired) electrons. The van der Waals surface area contributed by atoms with Crippen LogP contribution in [0.15, 0.2) is 40.8 Å². The fraction of sp³-hybridized carbons (Fsp3) is 0.409. The van der Waals surface area contributed by atoms with Gasteiger partial charge in [-0.2, -0.15) is 0 Å². The number of carbonyl (C=O) groups excluding carboxylic acids is 2. The number of allylic oxidation sites excluding steroid dienone is 1. The maximum Gasteiger partial charge on any atom is 0.258 e. The maximum absolute atomic E-state index is 12.5. The van der Waals surface area contributed by atoms with E-state index < -0.39 is 0 Å². The van der Waals surface area contributed by atoms with Crippen molar-refractivity contribution in [3.63, 3.8) is 0 Å². The normalized spacial score (nSPS) is 15.2.